The Morgan fingerprint density at radius 1 is 0.909 bits per heavy atom. The van der Waals surface area contributed by atoms with Crippen molar-refractivity contribution in [2.45, 2.75) is 31.8 Å². The molecule has 2 aromatic carbocycles. The van der Waals surface area contributed by atoms with Crippen LogP contribution >= 0.6 is 0 Å². The first-order valence-electron chi connectivity index (χ1n) is 8.52. The van der Waals surface area contributed by atoms with Gasteiger partial charge in [0.1, 0.15) is 0 Å². The van der Waals surface area contributed by atoms with Crippen molar-refractivity contribution in [2.24, 2.45) is 5.92 Å². The van der Waals surface area contributed by atoms with Crippen LogP contribution in [0.3, 0.4) is 0 Å². The van der Waals surface area contributed by atoms with Crippen molar-refractivity contribution in [3.05, 3.63) is 65.7 Å². The highest BCUT2D eigenvalue weighted by molar-refractivity contribution is 5.47. The summed E-state index contributed by atoms with van der Waals surface area (Å²) in [7, 11) is 0. The van der Waals surface area contributed by atoms with Crippen LogP contribution < -0.4 is 10.2 Å². The van der Waals surface area contributed by atoms with E-state index < -0.39 is 0 Å². The maximum Gasteiger partial charge on any atom is 0.0796 e. The summed E-state index contributed by atoms with van der Waals surface area (Å²) in [6.45, 7) is 2.30. The Balaban J connectivity index is 1.52. The zero-order valence-corrected chi connectivity index (χ0v) is 13.0. The fourth-order valence-electron chi connectivity index (χ4n) is 4.02. The molecule has 2 heteroatoms. The van der Waals surface area contributed by atoms with Crippen LogP contribution in [-0.4, -0.2) is 19.3 Å². The van der Waals surface area contributed by atoms with Gasteiger partial charge in [-0.05, 0) is 61.4 Å². The third-order valence-corrected chi connectivity index (χ3v) is 5.09. The molecule has 22 heavy (non-hydrogen) atoms. The molecule has 0 amide bonds. The van der Waals surface area contributed by atoms with Crippen LogP contribution in [0.5, 0.6) is 0 Å². The van der Waals surface area contributed by atoms with Crippen molar-refractivity contribution in [2.75, 3.05) is 18.0 Å². The van der Waals surface area contributed by atoms with Crippen molar-refractivity contribution >= 4 is 5.69 Å². The Bertz CT molecular complexity index is 592. The molecular formula is C20H24N2. The number of nitrogens with one attached hydrogen (secondary N) is 1. The molecule has 1 saturated heterocycles. The van der Waals surface area contributed by atoms with Crippen molar-refractivity contribution in [1.82, 2.24) is 5.32 Å². The molecule has 1 unspecified atom stereocenters. The molecule has 1 aliphatic heterocycles. The minimum atomic E-state index is 0.506. The fourth-order valence-corrected chi connectivity index (χ4v) is 4.02. The van der Waals surface area contributed by atoms with Crippen molar-refractivity contribution in [1.29, 1.82) is 0 Å². The molecule has 0 bridgehead atoms. The van der Waals surface area contributed by atoms with E-state index in [9.17, 15) is 0 Å². The minimum Gasteiger partial charge on any atom is -0.356 e. The fraction of sp³-hybridized carbons (Fsp3) is 0.400. The topological polar surface area (TPSA) is 15.3 Å². The van der Waals surface area contributed by atoms with E-state index in [2.05, 4.69) is 64.8 Å². The SMILES string of the molecule is c1ccc(N(CC2Cc3ccccc3C2)C2CCCN2)cc1. The van der Waals surface area contributed by atoms with Crippen LogP contribution in [0.4, 0.5) is 5.69 Å². The van der Waals surface area contributed by atoms with Crippen molar-refractivity contribution < 1.29 is 0 Å². The molecule has 114 valence electrons. The molecule has 1 fully saturated rings. The monoisotopic (exact) mass is 292 g/mol. The number of anilines is 1. The Morgan fingerprint density at radius 2 is 1.59 bits per heavy atom. The van der Waals surface area contributed by atoms with Gasteiger partial charge in [0.2, 0.25) is 0 Å². The van der Waals surface area contributed by atoms with Gasteiger partial charge in [0.05, 0.1) is 6.17 Å². The van der Waals surface area contributed by atoms with Crippen molar-refractivity contribution in [3.8, 4) is 0 Å². The van der Waals surface area contributed by atoms with E-state index in [1.54, 1.807) is 11.1 Å². The number of fused-ring (bicyclic) bond motifs is 1. The maximum atomic E-state index is 3.68. The molecule has 0 radical (unpaired) electrons. The lowest BCUT2D eigenvalue weighted by Gasteiger charge is -2.33. The van der Waals surface area contributed by atoms with E-state index in [1.165, 1.54) is 31.4 Å². The van der Waals surface area contributed by atoms with E-state index in [-0.39, 0.29) is 0 Å². The molecule has 1 heterocycles. The molecule has 2 aliphatic rings. The average molecular weight is 292 g/mol. The quantitative estimate of drug-likeness (QED) is 0.926. The lowest BCUT2D eigenvalue weighted by Crippen LogP contribution is -2.44. The Hall–Kier alpha value is -1.80. The van der Waals surface area contributed by atoms with Gasteiger partial charge in [0, 0.05) is 12.2 Å². The van der Waals surface area contributed by atoms with Gasteiger partial charge in [-0.3, -0.25) is 5.32 Å². The van der Waals surface area contributed by atoms with Gasteiger partial charge in [-0.1, -0.05) is 42.5 Å². The predicted molar refractivity (Wildman–Crippen MR) is 92.2 cm³/mol. The number of rotatable bonds is 4. The number of hydrogen-bond acceptors (Lipinski definition) is 2. The Labute approximate surface area is 133 Å². The first-order chi connectivity index (χ1) is 10.9. The summed E-state index contributed by atoms with van der Waals surface area (Å²) in [5.74, 6) is 0.736. The van der Waals surface area contributed by atoms with Crippen LogP contribution in [0.2, 0.25) is 0 Å². The number of nitrogens with zero attached hydrogens (tertiary/aromatic N) is 1. The standard InChI is InChI=1S/C20H24N2/c1-2-9-19(10-3-1)22(20-11-6-12-21-20)15-16-13-17-7-4-5-8-18(17)14-16/h1-5,7-10,16,20-21H,6,11-15H2. The lowest BCUT2D eigenvalue weighted by molar-refractivity contribution is 0.476. The maximum absolute atomic E-state index is 3.68. The number of benzene rings is 2. The third-order valence-electron chi connectivity index (χ3n) is 5.09. The van der Waals surface area contributed by atoms with Crippen LogP contribution in [-0.2, 0) is 12.8 Å². The van der Waals surface area contributed by atoms with Gasteiger partial charge in [-0.15, -0.1) is 0 Å². The smallest absolute Gasteiger partial charge is 0.0796 e. The molecule has 1 N–H and O–H groups in total. The Morgan fingerprint density at radius 3 is 2.23 bits per heavy atom. The molecule has 1 atom stereocenters. The van der Waals surface area contributed by atoms with E-state index in [1.807, 2.05) is 0 Å². The molecule has 4 rings (SSSR count). The second kappa shape index (κ2) is 6.13. The Kier molecular flexibility index (Phi) is 3.86. The van der Waals surface area contributed by atoms with Gasteiger partial charge in [0.15, 0.2) is 0 Å². The summed E-state index contributed by atoms with van der Waals surface area (Å²) in [6, 6.07) is 19.9. The summed E-state index contributed by atoms with van der Waals surface area (Å²) in [5.41, 5.74) is 4.47. The van der Waals surface area contributed by atoms with E-state index in [0.29, 0.717) is 6.17 Å². The third kappa shape index (κ3) is 2.76. The largest absolute Gasteiger partial charge is 0.356 e. The predicted octanol–water partition coefficient (Wildman–Crippen LogP) is 3.62. The van der Waals surface area contributed by atoms with Gasteiger partial charge in [-0.2, -0.15) is 0 Å². The zero-order chi connectivity index (χ0) is 14.8. The second-order valence-electron chi connectivity index (χ2n) is 6.64. The van der Waals surface area contributed by atoms with Crippen LogP contribution in [0, 0.1) is 5.92 Å². The van der Waals surface area contributed by atoms with Crippen LogP contribution in [0.15, 0.2) is 54.6 Å². The molecule has 2 nitrogen and oxygen atoms in total. The first-order valence-corrected chi connectivity index (χ1v) is 8.52. The number of para-hydroxylation sites is 1. The molecule has 0 spiro atoms. The van der Waals surface area contributed by atoms with E-state index >= 15 is 0 Å². The average Bonchev–Trinajstić information content (AvgIpc) is 3.22. The summed E-state index contributed by atoms with van der Waals surface area (Å²) < 4.78 is 0. The summed E-state index contributed by atoms with van der Waals surface area (Å²) >= 11 is 0. The normalized spacial score (nSPS) is 21.0. The summed E-state index contributed by atoms with van der Waals surface area (Å²) in [4.78, 5) is 2.60. The van der Waals surface area contributed by atoms with E-state index in [4.69, 9.17) is 0 Å². The summed E-state index contributed by atoms with van der Waals surface area (Å²) in [5, 5.41) is 3.68. The first kappa shape index (κ1) is 13.8. The van der Waals surface area contributed by atoms with Crippen LogP contribution in [0.1, 0.15) is 24.0 Å². The summed E-state index contributed by atoms with van der Waals surface area (Å²) in [6.07, 6.45) is 5.51. The van der Waals surface area contributed by atoms with Gasteiger partial charge in [-0.25, -0.2) is 0 Å². The molecular weight excluding hydrogens is 268 g/mol. The highest BCUT2D eigenvalue weighted by atomic mass is 15.3. The van der Waals surface area contributed by atoms with Crippen molar-refractivity contribution in [3.63, 3.8) is 0 Å². The van der Waals surface area contributed by atoms with Gasteiger partial charge < -0.3 is 4.90 Å². The van der Waals surface area contributed by atoms with Gasteiger partial charge in [0.25, 0.3) is 0 Å². The minimum absolute atomic E-state index is 0.506. The molecule has 0 aromatic heterocycles. The molecule has 2 aromatic rings. The molecule has 1 aliphatic carbocycles. The lowest BCUT2D eigenvalue weighted by atomic mass is 10.0. The van der Waals surface area contributed by atoms with E-state index in [0.717, 1.165) is 19.0 Å². The van der Waals surface area contributed by atoms with Crippen LogP contribution in [0.25, 0.3) is 0 Å². The number of hydrogen-bond donors (Lipinski definition) is 1. The van der Waals surface area contributed by atoms with Gasteiger partial charge >= 0.3 is 0 Å². The highest BCUT2D eigenvalue weighted by Gasteiger charge is 2.28. The zero-order valence-electron chi connectivity index (χ0n) is 13.0. The molecule has 0 saturated carbocycles. The second-order valence-corrected chi connectivity index (χ2v) is 6.64. The highest BCUT2D eigenvalue weighted by Crippen LogP contribution is 2.30.